The van der Waals surface area contributed by atoms with E-state index in [2.05, 4.69) is 0 Å². The molecule has 1 saturated carbocycles. The van der Waals surface area contributed by atoms with Crippen molar-refractivity contribution in [3.63, 3.8) is 0 Å². The van der Waals surface area contributed by atoms with Gasteiger partial charge >= 0.3 is 0 Å². The van der Waals surface area contributed by atoms with E-state index in [9.17, 15) is 20.0 Å². The molecule has 1 aromatic carbocycles. The molecule has 6 heteroatoms. The van der Waals surface area contributed by atoms with Gasteiger partial charge in [0.1, 0.15) is 0 Å². The summed E-state index contributed by atoms with van der Waals surface area (Å²) >= 11 is 0. The molecule has 2 atom stereocenters. The van der Waals surface area contributed by atoms with Crippen LogP contribution in [0.5, 0.6) is 0 Å². The van der Waals surface area contributed by atoms with Gasteiger partial charge in [-0.25, -0.2) is 0 Å². The van der Waals surface area contributed by atoms with Crippen molar-refractivity contribution < 1.29 is 14.8 Å². The lowest BCUT2D eigenvalue weighted by Crippen LogP contribution is -2.34. The molecule has 20 heavy (non-hydrogen) atoms. The van der Waals surface area contributed by atoms with Crippen LogP contribution in [-0.2, 0) is 0 Å². The fraction of sp³-hybridized carbons (Fsp3) is 0.500. The molecule has 1 fully saturated rings. The standard InChI is InChI=1S/C14H18N2O4/c1-15(9-11-3-2-4-13(11)17)14(18)10-5-7-12(8-6-10)16(19)20/h5-8,11,13,17H,2-4,9H2,1H3. The zero-order valence-corrected chi connectivity index (χ0v) is 11.4. The predicted molar refractivity (Wildman–Crippen MR) is 73.4 cm³/mol. The molecule has 0 bridgehead atoms. The summed E-state index contributed by atoms with van der Waals surface area (Å²) in [6, 6.07) is 5.57. The van der Waals surface area contributed by atoms with Gasteiger partial charge in [-0.3, -0.25) is 14.9 Å². The second-order valence-corrected chi connectivity index (χ2v) is 5.25. The summed E-state index contributed by atoms with van der Waals surface area (Å²) in [5.41, 5.74) is 0.390. The molecule has 0 heterocycles. The van der Waals surface area contributed by atoms with Gasteiger partial charge < -0.3 is 10.0 Å². The number of nitro groups is 1. The number of nitro benzene ring substituents is 1. The molecule has 0 radical (unpaired) electrons. The van der Waals surface area contributed by atoms with Crippen LogP contribution in [0.25, 0.3) is 0 Å². The molecule has 1 amide bonds. The number of rotatable bonds is 4. The zero-order valence-electron chi connectivity index (χ0n) is 11.4. The summed E-state index contributed by atoms with van der Waals surface area (Å²) in [6.07, 6.45) is 2.39. The van der Waals surface area contributed by atoms with Gasteiger partial charge in [-0.2, -0.15) is 0 Å². The Balaban J connectivity index is 2.00. The molecule has 0 aliphatic heterocycles. The van der Waals surface area contributed by atoms with Crippen molar-refractivity contribution >= 4 is 11.6 Å². The van der Waals surface area contributed by atoms with Crippen molar-refractivity contribution in [2.45, 2.75) is 25.4 Å². The van der Waals surface area contributed by atoms with Gasteiger partial charge in [0.2, 0.25) is 0 Å². The van der Waals surface area contributed by atoms with E-state index >= 15 is 0 Å². The highest BCUT2D eigenvalue weighted by atomic mass is 16.6. The maximum atomic E-state index is 12.2. The quantitative estimate of drug-likeness (QED) is 0.672. The van der Waals surface area contributed by atoms with Crippen LogP contribution < -0.4 is 0 Å². The Hall–Kier alpha value is -1.95. The Labute approximate surface area is 117 Å². The maximum absolute atomic E-state index is 12.2. The second kappa shape index (κ2) is 6.00. The van der Waals surface area contributed by atoms with E-state index in [0.29, 0.717) is 12.1 Å². The lowest BCUT2D eigenvalue weighted by Gasteiger charge is -2.23. The van der Waals surface area contributed by atoms with Crippen LogP contribution >= 0.6 is 0 Å². The fourth-order valence-electron chi connectivity index (χ4n) is 2.61. The van der Waals surface area contributed by atoms with Crippen molar-refractivity contribution in [3.8, 4) is 0 Å². The largest absolute Gasteiger partial charge is 0.393 e. The smallest absolute Gasteiger partial charge is 0.269 e. The molecule has 1 N–H and O–H groups in total. The van der Waals surface area contributed by atoms with E-state index in [1.165, 1.54) is 24.3 Å². The van der Waals surface area contributed by atoms with Crippen molar-refractivity contribution in [1.29, 1.82) is 0 Å². The minimum Gasteiger partial charge on any atom is -0.393 e. The van der Waals surface area contributed by atoms with Gasteiger partial charge in [0.15, 0.2) is 0 Å². The average Bonchev–Trinajstić information content (AvgIpc) is 2.83. The minimum absolute atomic E-state index is 0.0320. The third-order valence-electron chi connectivity index (χ3n) is 3.80. The number of nitrogens with zero attached hydrogens (tertiary/aromatic N) is 2. The van der Waals surface area contributed by atoms with Crippen LogP contribution in [0.3, 0.4) is 0 Å². The SMILES string of the molecule is CN(CC1CCCC1O)C(=O)c1ccc([N+](=O)[O-])cc1. The first kappa shape index (κ1) is 14.5. The first-order valence-corrected chi connectivity index (χ1v) is 6.67. The molecule has 0 aromatic heterocycles. The van der Waals surface area contributed by atoms with Gasteiger partial charge in [-0.1, -0.05) is 6.42 Å². The molecule has 108 valence electrons. The predicted octanol–water partition coefficient (Wildman–Crippen LogP) is 1.83. The first-order valence-electron chi connectivity index (χ1n) is 6.67. The van der Waals surface area contributed by atoms with Gasteiger partial charge in [0.05, 0.1) is 11.0 Å². The number of hydrogen-bond donors (Lipinski definition) is 1. The summed E-state index contributed by atoms with van der Waals surface area (Å²) in [7, 11) is 1.69. The molecular formula is C14H18N2O4. The number of aliphatic hydroxyl groups excluding tert-OH is 1. The van der Waals surface area contributed by atoms with Crippen LogP contribution in [0.2, 0.25) is 0 Å². The highest BCUT2D eigenvalue weighted by molar-refractivity contribution is 5.94. The summed E-state index contributed by atoms with van der Waals surface area (Å²) in [5, 5.41) is 20.3. The Kier molecular flexibility index (Phi) is 4.34. The molecule has 6 nitrogen and oxygen atoms in total. The minimum atomic E-state index is -0.493. The number of hydrogen-bond acceptors (Lipinski definition) is 4. The Bertz CT molecular complexity index is 500. The normalized spacial score (nSPS) is 21.7. The molecule has 0 saturated heterocycles. The number of benzene rings is 1. The fourth-order valence-corrected chi connectivity index (χ4v) is 2.61. The zero-order chi connectivity index (χ0) is 14.7. The third-order valence-corrected chi connectivity index (χ3v) is 3.80. The monoisotopic (exact) mass is 278 g/mol. The van der Waals surface area contributed by atoms with Crippen LogP contribution in [0, 0.1) is 16.0 Å². The summed E-state index contributed by atoms with van der Waals surface area (Å²) in [4.78, 5) is 23.8. The van der Waals surface area contributed by atoms with Crippen molar-refractivity contribution in [3.05, 3.63) is 39.9 Å². The van der Waals surface area contributed by atoms with Crippen molar-refractivity contribution in [2.24, 2.45) is 5.92 Å². The van der Waals surface area contributed by atoms with Crippen LogP contribution in [-0.4, -0.2) is 40.5 Å². The lowest BCUT2D eigenvalue weighted by atomic mass is 10.1. The molecule has 1 aliphatic carbocycles. The molecule has 1 aromatic rings. The molecule has 2 rings (SSSR count). The van der Waals surface area contributed by atoms with Crippen LogP contribution in [0.15, 0.2) is 24.3 Å². The van der Waals surface area contributed by atoms with E-state index in [1.807, 2.05) is 0 Å². The number of amides is 1. The van der Waals surface area contributed by atoms with E-state index in [4.69, 9.17) is 0 Å². The van der Waals surface area contributed by atoms with E-state index in [0.717, 1.165) is 19.3 Å². The van der Waals surface area contributed by atoms with Gasteiger partial charge in [-0.15, -0.1) is 0 Å². The molecule has 2 unspecified atom stereocenters. The number of carbonyl (C=O) groups excluding carboxylic acids is 1. The molecule has 1 aliphatic rings. The van der Waals surface area contributed by atoms with Crippen molar-refractivity contribution in [1.82, 2.24) is 4.90 Å². The highest BCUT2D eigenvalue weighted by Crippen LogP contribution is 2.26. The molecule has 0 spiro atoms. The van der Waals surface area contributed by atoms with Crippen LogP contribution in [0.4, 0.5) is 5.69 Å². The van der Waals surface area contributed by atoms with Gasteiger partial charge in [-0.05, 0) is 25.0 Å². The van der Waals surface area contributed by atoms with E-state index in [1.54, 1.807) is 11.9 Å². The lowest BCUT2D eigenvalue weighted by molar-refractivity contribution is -0.384. The Morgan fingerprint density at radius 2 is 2.05 bits per heavy atom. The summed E-state index contributed by atoms with van der Waals surface area (Å²) < 4.78 is 0. The summed E-state index contributed by atoms with van der Waals surface area (Å²) in [6.45, 7) is 0.511. The number of non-ortho nitro benzene ring substituents is 1. The average molecular weight is 278 g/mol. The second-order valence-electron chi connectivity index (χ2n) is 5.25. The van der Waals surface area contributed by atoms with Gasteiger partial charge in [0.25, 0.3) is 11.6 Å². The van der Waals surface area contributed by atoms with E-state index < -0.39 is 4.92 Å². The Morgan fingerprint density at radius 1 is 1.40 bits per heavy atom. The number of carbonyl (C=O) groups is 1. The van der Waals surface area contributed by atoms with Crippen molar-refractivity contribution in [2.75, 3.05) is 13.6 Å². The first-order chi connectivity index (χ1) is 9.49. The van der Waals surface area contributed by atoms with E-state index in [-0.39, 0.29) is 23.6 Å². The van der Waals surface area contributed by atoms with Gasteiger partial charge in [0, 0.05) is 37.2 Å². The van der Waals surface area contributed by atoms with Crippen LogP contribution in [0.1, 0.15) is 29.6 Å². The highest BCUT2D eigenvalue weighted by Gasteiger charge is 2.27. The third kappa shape index (κ3) is 3.14. The maximum Gasteiger partial charge on any atom is 0.269 e. The topological polar surface area (TPSA) is 83.7 Å². The Morgan fingerprint density at radius 3 is 2.55 bits per heavy atom. The summed E-state index contributed by atoms with van der Waals surface area (Å²) in [5.74, 6) is -0.0546. The number of aliphatic hydroxyl groups is 1. The molecular weight excluding hydrogens is 260 g/mol.